The molecule has 1 aromatic heterocycles. The summed E-state index contributed by atoms with van der Waals surface area (Å²) < 4.78 is 7.07. The molecule has 0 aliphatic carbocycles. The Kier molecular flexibility index (Phi) is 5.48. The van der Waals surface area contributed by atoms with Crippen molar-refractivity contribution in [2.75, 3.05) is 20.2 Å². The number of nitrogens with zero attached hydrogens (tertiary/aromatic N) is 3. The maximum atomic E-state index is 13.0. The van der Waals surface area contributed by atoms with E-state index in [0.717, 1.165) is 24.2 Å². The molecule has 3 rings (SSSR count). The fraction of sp³-hybridized carbons (Fsp3) is 0.450. The number of rotatable bonds is 6. The predicted octanol–water partition coefficient (Wildman–Crippen LogP) is 2.55. The third-order valence-electron chi connectivity index (χ3n) is 5.22. The summed E-state index contributed by atoms with van der Waals surface area (Å²) in [5, 5.41) is 14.0. The molecule has 0 unspecified atom stereocenters. The van der Waals surface area contributed by atoms with E-state index in [1.165, 1.54) is 0 Å². The van der Waals surface area contributed by atoms with Crippen LogP contribution in [0.5, 0.6) is 5.75 Å². The highest BCUT2D eigenvalue weighted by atomic mass is 16.5. The second kappa shape index (κ2) is 7.82. The lowest BCUT2D eigenvalue weighted by molar-refractivity contribution is -0.141. The highest BCUT2D eigenvalue weighted by molar-refractivity contribution is 5.95. The van der Waals surface area contributed by atoms with Gasteiger partial charge < -0.3 is 14.7 Å². The quantitative estimate of drug-likeness (QED) is 0.844. The molecule has 1 aromatic carbocycles. The van der Waals surface area contributed by atoms with Crippen molar-refractivity contribution in [1.29, 1.82) is 0 Å². The van der Waals surface area contributed by atoms with E-state index in [-0.39, 0.29) is 18.4 Å². The van der Waals surface area contributed by atoms with Crippen molar-refractivity contribution in [3.63, 3.8) is 0 Å². The zero-order valence-electron chi connectivity index (χ0n) is 15.9. The summed E-state index contributed by atoms with van der Waals surface area (Å²) in [6.07, 6.45) is 2.51. The van der Waals surface area contributed by atoms with Gasteiger partial charge in [-0.2, -0.15) is 5.10 Å². The first-order valence-electron chi connectivity index (χ1n) is 9.14. The SMILES string of the molecule is CCCn1ncc(C(=O)N2C[C@@H](C(=O)O)[C@H](c3cccc(OC)c3)C2)c1C. The van der Waals surface area contributed by atoms with Gasteiger partial charge >= 0.3 is 5.97 Å². The number of aromatic nitrogens is 2. The molecular formula is C20H25N3O4. The Morgan fingerprint density at radius 2 is 2.11 bits per heavy atom. The summed E-state index contributed by atoms with van der Waals surface area (Å²) in [7, 11) is 1.58. The van der Waals surface area contributed by atoms with Crippen LogP contribution < -0.4 is 4.74 Å². The van der Waals surface area contributed by atoms with Crippen LogP contribution >= 0.6 is 0 Å². The van der Waals surface area contributed by atoms with Crippen molar-refractivity contribution in [2.45, 2.75) is 32.7 Å². The molecule has 2 heterocycles. The first kappa shape index (κ1) is 18.9. The van der Waals surface area contributed by atoms with Crippen LogP contribution in [0.2, 0.25) is 0 Å². The van der Waals surface area contributed by atoms with E-state index in [9.17, 15) is 14.7 Å². The lowest BCUT2D eigenvalue weighted by Crippen LogP contribution is -2.30. The maximum absolute atomic E-state index is 13.0. The molecule has 0 spiro atoms. The minimum atomic E-state index is -0.892. The number of hydrogen-bond donors (Lipinski definition) is 1. The first-order chi connectivity index (χ1) is 13.0. The summed E-state index contributed by atoms with van der Waals surface area (Å²) in [5.41, 5.74) is 2.23. The molecule has 0 bridgehead atoms. The lowest BCUT2D eigenvalue weighted by Gasteiger charge is -2.17. The molecule has 7 nitrogen and oxygen atoms in total. The van der Waals surface area contributed by atoms with E-state index < -0.39 is 11.9 Å². The highest BCUT2D eigenvalue weighted by Gasteiger charge is 2.41. The summed E-state index contributed by atoms with van der Waals surface area (Å²) in [5.74, 6) is -1.29. The third-order valence-corrected chi connectivity index (χ3v) is 5.22. The van der Waals surface area contributed by atoms with Gasteiger partial charge in [-0.25, -0.2) is 0 Å². The summed E-state index contributed by atoms with van der Waals surface area (Å²) in [4.78, 5) is 26.5. The van der Waals surface area contributed by atoms with Crippen LogP contribution in [0.15, 0.2) is 30.5 Å². The second-order valence-electron chi connectivity index (χ2n) is 6.90. The Morgan fingerprint density at radius 3 is 2.78 bits per heavy atom. The Hall–Kier alpha value is -2.83. The average Bonchev–Trinajstić information content (AvgIpc) is 3.27. The number of hydrogen-bond acceptors (Lipinski definition) is 4. The summed E-state index contributed by atoms with van der Waals surface area (Å²) in [6.45, 7) is 5.23. The lowest BCUT2D eigenvalue weighted by atomic mass is 9.89. The number of likely N-dealkylation sites (tertiary alicyclic amines) is 1. The number of methoxy groups -OCH3 is 1. The molecule has 1 aliphatic rings. The zero-order chi connectivity index (χ0) is 19.6. The monoisotopic (exact) mass is 371 g/mol. The smallest absolute Gasteiger partial charge is 0.308 e. The largest absolute Gasteiger partial charge is 0.497 e. The van der Waals surface area contributed by atoms with Crippen LogP contribution in [0.25, 0.3) is 0 Å². The van der Waals surface area contributed by atoms with Crippen LogP contribution in [0.1, 0.15) is 40.9 Å². The fourth-order valence-electron chi connectivity index (χ4n) is 3.69. The molecular weight excluding hydrogens is 346 g/mol. The molecule has 27 heavy (non-hydrogen) atoms. The van der Waals surface area contributed by atoms with Crippen molar-refractivity contribution < 1.29 is 19.4 Å². The predicted molar refractivity (Wildman–Crippen MR) is 100 cm³/mol. The van der Waals surface area contributed by atoms with E-state index in [1.54, 1.807) is 18.2 Å². The Balaban J connectivity index is 1.86. The highest BCUT2D eigenvalue weighted by Crippen LogP contribution is 2.35. The number of benzene rings is 1. The average molecular weight is 371 g/mol. The summed E-state index contributed by atoms with van der Waals surface area (Å²) >= 11 is 0. The van der Waals surface area contributed by atoms with Gasteiger partial charge in [0.15, 0.2) is 0 Å². The Morgan fingerprint density at radius 1 is 1.33 bits per heavy atom. The molecule has 0 radical (unpaired) electrons. The Labute approximate surface area is 158 Å². The van der Waals surface area contributed by atoms with Crippen LogP contribution in [0, 0.1) is 12.8 Å². The summed E-state index contributed by atoms with van der Waals surface area (Å²) in [6, 6.07) is 7.40. The van der Waals surface area contributed by atoms with Gasteiger partial charge in [-0.15, -0.1) is 0 Å². The third kappa shape index (κ3) is 3.67. The standard InChI is InChI=1S/C20H25N3O4/c1-4-8-23-13(2)16(10-21-23)19(24)22-11-17(18(12-22)20(25)26)14-6-5-7-15(9-14)27-3/h5-7,9-10,17-18H,4,8,11-12H2,1-3H3,(H,25,26)/t17-,18+/m0/s1. The number of ether oxygens (including phenoxy) is 1. The topological polar surface area (TPSA) is 84.7 Å². The minimum absolute atomic E-state index is 0.161. The van der Waals surface area contributed by atoms with Crippen molar-refractivity contribution in [3.05, 3.63) is 47.3 Å². The molecule has 1 aliphatic heterocycles. The molecule has 1 amide bonds. The van der Waals surface area contributed by atoms with Crippen molar-refractivity contribution in [3.8, 4) is 5.75 Å². The minimum Gasteiger partial charge on any atom is -0.497 e. The number of carbonyl (C=O) groups excluding carboxylic acids is 1. The zero-order valence-corrected chi connectivity index (χ0v) is 15.9. The van der Waals surface area contributed by atoms with Gasteiger partial charge in [-0.1, -0.05) is 19.1 Å². The molecule has 2 atom stereocenters. The van der Waals surface area contributed by atoms with E-state index >= 15 is 0 Å². The van der Waals surface area contributed by atoms with Crippen molar-refractivity contribution in [2.24, 2.45) is 5.92 Å². The molecule has 1 N–H and O–H groups in total. The van der Waals surface area contributed by atoms with E-state index in [1.807, 2.05) is 35.9 Å². The first-order valence-corrected chi connectivity index (χ1v) is 9.14. The van der Waals surface area contributed by atoms with Gasteiger partial charge in [0.1, 0.15) is 5.75 Å². The Bertz CT molecular complexity index is 846. The fourth-order valence-corrected chi connectivity index (χ4v) is 3.69. The normalized spacial score (nSPS) is 19.3. The van der Waals surface area contributed by atoms with Gasteiger partial charge in [0.2, 0.25) is 0 Å². The molecule has 1 fully saturated rings. The van der Waals surface area contributed by atoms with Crippen molar-refractivity contribution >= 4 is 11.9 Å². The molecule has 144 valence electrons. The molecule has 1 saturated heterocycles. The number of aryl methyl sites for hydroxylation is 1. The van der Waals surface area contributed by atoms with Crippen LogP contribution in [0.4, 0.5) is 0 Å². The van der Waals surface area contributed by atoms with Gasteiger partial charge in [-0.05, 0) is 31.0 Å². The van der Waals surface area contributed by atoms with Crippen LogP contribution in [0.3, 0.4) is 0 Å². The van der Waals surface area contributed by atoms with Crippen molar-refractivity contribution in [1.82, 2.24) is 14.7 Å². The van der Waals surface area contributed by atoms with Gasteiger partial charge in [-0.3, -0.25) is 14.3 Å². The van der Waals surface area contributed by atoms with Gasteiger partial charge in [0, 0.05) is 31.2 Å². The molecule has 0 saturated carbocycles. The van der Waals surface area contributed by atoms with E-state index in [2.05, 4.69) is 12.0 Å². The van der Waals surface area contributed by atoms with E-state index in [0.29, 0.717) is 17.9 Å². The molecule has 2 aromatic rings. The number of carboxylic acids is 1. The number of carboxylic acid groups (broad SMARTS) is 1. The van der Waals surface area contributed by atoms with Crippen LogP contribution in [-0.2, 0) is 11.3 Å². The second-order valence-corrected chi connectivity index (χ2v) is 6.90. The van der Waals surface area contributed by atoms with Gasteiger partial charge in [0.25, 0.3) is 5.91 Å². The van der Waals surface area contributed by atoms with E-state index in [4.69, 9.17) is 4.74 Å². The maximum Gasteiger partial charge on any atom is 0.308 e. The number of carbonyl (C=O) groups is 2. The molecule has 7 heteroatoms. The number of aliphatic carboxylic acids is 1. The van der Waals surface area contributed by atoms with Gasteiger partial charge in [0.05, 0.1) is 24.8 Å². The number of amides is 1. The van der Waals surface area contributed by atoms with Crippen LogP contribution in [-0.4, -0.2) is 51.9 Å².